The first-order chi connectivity index (χ1) is 13.2. The Morgan fingerprint density at radius 1 is 1.22 bits per heavy atom. The highest BCUT2D eigenvalue weighted by atomic mass is 16.1. The number of pyridine rings is 1. The molecule has 5 rings (SSSR count). The third-order valence-electron chi connectivity index (χ3n) is 5.95. The van der Waals surface area contributed by atoms with Crippen LogP contribution in [0.3, 0.4) is 0 Å². The minimum absolute atomic E-state index is 0.00510. The molecule has 4 heteroatoms. The number of nitrogens with one attached hydrogen (secondary N) is 1. The van der Waals surface area contributed by atoms with Crippen LogP contribution in [0, 0.1) is 12.8 Å². The molecule has 1 aromatic carbocycles. The van der Waals surface area contributed by atoms with E-state index in [9.17, 15) is 4.79 Å². The fraction of sp³-hybridized carbons (Fsp3) is 0.391. The van der Waals surface area contributed by atoms with Crippen molar-refractivity contribution in [2.24, 2.45) is 5.92 Å². The van der Waals surface area contributed by atoms with Crippen LogP contribution < -0.4 is 5.32 Å². The quantitative estimate of drug-likeness (QED) is 0.832. The van der Waals surface area contributed by atoms with Crippen LogP contribution in [0.25, 0.3) is 6.08 Å². The third-order valence-corrected chi connectivity index (χ3v) is 5.95. The van der Waals surface area contributed by atoms with Crippen molar-refractivity contribution in [3.05, 3.63) is 71.6 Å². The van der Waals surface area contributed by atoms with E-state index in [1.807, 2.05) is 36.7 Å². The Kier molecular flexibility index (Phi) is 5.35. The van der Waals surface area contributed by atoms with Gasteiger partial charge in [-0.15, -0.1) is 0 Å². The lowest BCUT2D eigenvalue weighted by Crippen LogP contribution is -2.64. The molecule has 27 heavy (non-hydrogen) atoms. The summed E-state index contributed by atoms with van der Waals surface area (Å²) in [6, 6.07) is 12.9. The Hall–Kier alpha value is -2.46. The molecule has 4 heterocycles. The molecule has 0 saturated carbocycles. The average molecular weight is 361 g/mol. The van der Waals surface area contributed by atoms with Gasteiger partial charge in [-0.3, -0.25) is 14.7 Å². The first-order valence-corrected chi connectivity index (χ1v) is 9.87. The first-order valence-electron chi connectivity index (χ1n) is 9.87. The van der Waals surface area contributed by atoms with Gasteiger partial charge < -0.3 is 5.32 Å². The maximum Gasteiger partial charge on any atom is 0.244 e. The number of rotatable bonds is 5. The molecule has 0 aliphatic carbocycles. The van der Waals surface area contributed by atoms with Crippen molar-refractivity contribution in [1.82, 2.24) is 15.2 Å². The van der Waals surface area contributed by atoms with Crippen LogP contribution in [0.2, 0.25) is 0 Å². The number of amides is 1. The molecule has 3 aliphatic rings. The molecule has 2 aromatic rings. The molecule has 0 unspecified atom stereocenters. The van der Waals surface area contributed by atoms with Crippen LogP contribution in [-0.4, -0.2) is 41.0 Å². The lowest BCUT2D eigenvalue weighted by atomic mass is 9.77. The number of carbonyl (C=O) groups is 1. The normalized spacial score (nSPS) is 27.0. The summed E-state index contributed by atoms with van der Waals surface area (Å²) in [6.45, 7) is 4.35. The van der Waals surface area contributed by atoms with E-state index < -0.39 is 0 Å². The molecule has 0 radical (unpaired) electrons. The molecular weight excluding hydrogens is 334 g/mol. The van der Waals surface area contributed by atoms with Gasteiger partial charge in [0.25, 0.3) is 0 Å². The Balaban J connectivity index is 1.44. The SMILES string of the molecule is Cc1ccc(C=CC(=O)N[C@@H]2C3CCN(CC3)[C@@H]2Cc2cccnc2)cc1. The van der Waals surface area contributed by atoms with Gasteiger partial charge in [-0.05, 0) is 68.5 Å². The number of piperidine rings is 3. The maximum atomic E-state index is 12.6. The van der Waals surface area contributed by atoms with E-state index in [4.69, 9.17) is 0 Å². The van der Waals surface area contributed by atoms with Gasteiger partial charge in [0, 0.05) is 30.6 Å². The number of aromatic nitrogens is 1. The second-order valence-corrected chi connectivity index (χ2v) is 7.78. The number of hydrogen-bond donors (Lipinski definition) is 1. The second-order valence-electron chi connectivity index (χ2n) is 7.78. The van der Waals surface area contributed by atoms with E-state index in [0.29, 0.717) is 12.0 Å². The van der Waals surface area contributed by atoms with Crippen LogP contribution >= 0.6 is 0 Å². The minimum atomic E-state index is 0.00510. The molecular formula is C23H27N3O. The third kappa shape index (κ3) is 4.28. The fourth-order valence-corrected chi connectivity index (χ4v) is 4.44. The summed E-state index contributed by atoms with van der Waals surface area (Å²) >= 11 is 0. The van der Waals surface area contributed by atoms with Crippen molar-refractivity contribution in [3.63, 3.8) is 0 Å². The highest BCUT2D eigenvalue weighted by Gasteiger charge is 2.42. The summed E-state index contributed by atoms with van der Waals surface area (Å²) in [5.41, 5.74) is 3.52. The Morgan fingerprint density at radius 3 is 2.70 bits per heavy atom. The van der Waals surface area contributed by atoms with Crippen molar-refractivity contribution in [1.29, 1.82) is 0 Å². The van der Waals surface area contributed by atoms with Crippen LogP contribution in [0.1, 0.15) is 29.5 Å². The Morgan fingerprint density at radius 2 is 2.00 bits per heavy atom. The molecule has 1 N–H and O–H groups in total. The van der Waals surface area contributed by atoms with Crippen molar-refractivity contribution in [2.75, 3.05) is 13.1 Å². The molecule has 4 nitrogen and oxygen atoms in total. The van der Waals surface area contributed by atoms with Crippen molar-refractivity contribution in [3.8, 4) is 0 Å². The highest BCUT2D eigenvalue weighted by Crippen LogP contribution is 2.33. The van der Waals surface area contributed by atoms with Crippen molar-refractivity contribution in [2.45, 2.75) is 38.3 Å². The number of nitrogens with zero attached hydrogens (tertiary/aromatic N) is 2. The topological polar surface area (TPSA) is 45.2 Å². The monoisotopic (exact) mass is 361 g/mol. The van der Waals surface area contributed by atoms with Crippen LogP contribution in [0.5, 0.6) is 0 Å². The average Bonchev–Trinajstić information content (AvgIpc) is 2.71. The summed E-state index contributed by atoms with van der Waals surface area (Å²) < 4.78 is 0. The molecule has 1 aromatic heterocycles. The van der Waals surface area contributed by atoms with Crippen molar-refractivity contribution < 1.29 is 4.79 Å². The lowest BCUT2D eigenvalue weighted by molar-refractivity contribution is -0.119. The molecule has 3 aliphatic heterocycles. The summed E-state index contributed by atoms with van der Waals surface area (Å²) in [4.78, 5) is 19.4. The maximum absolute atomic E-state index is 12.6. The zero-order valence-electron chi connectivity index (χ0n) is 15.8. The second kappa shape index (κ2) is 8.05. The smallest absolute Gasteiger partial charge is 0.244 e. The van der Waals surface area contributed by atoms with Crippen molar-refractivity contribution >= 4 is 12.0 Å². The van der Waals surface area contributed by atoms with Crippen LogP contribution in [-0.2, 0) is 11.2 Å². The minimum Gasteiger partial charge on any atom is -0.348 e. The molecule has 1 amide bonds. The van der Waals surface area contributed by atoms with E-state index in [1.54, 1.807) is 6.08 Å². The molecule has 0 spiro atoms. The van der Waals surface area contributed by atoms with E-state index in [1.165, 1.54) is 24.0 Å². The van der Waals surface area contributed by atoms with Gasteiger partial charge in [0.15, 0.2) is 0 Å². The number of hydrogen-bond acceptors (Lipinski definition) is 3. The Labute approximate surface area is 161 Å². The first kappa shape index (κ1) is 17.9. The van der Waals surface area contributed by atoms with E-state index in [-0.39, 0.29) is 11.9 Å². The summed E-state index contributed by atoms with van der Waals surface area (Å²) in [5, 5.41) is 3.31. The molecule has 3 fully saturated rings. The molecule has 140 valence electrons. The standard InChI is InChI=1S/C23H27N3O/c1-17-4-6-18(7-5-17)8-9-22(27)25-23-20-10-13-26(14-11-20)21(23)15-19-3-2-12-24-16-19/h2-9,12,16,20-21,23H,10-11,13-15H2,1H3,(H,25,27)/t21-,23-/m1/s1. The molecule has 2 atom stereocenters. The number of carbonyl (C=O) groups excluding carboxylic acids is 1. The predicted octanol–water partition coefficient (Wildman–Crippen LogP) is 3.22. The van der Waals surface area contributed by atoms with Gasteiger partial charge in [-0.1, -0.05) is 35.9 Å². The fourth-order valence-electron chi connectivity index (χ4n) is 4.44. The van der Waals surface area contributed by atoms with E-state index in [2.05, 4.69) is 40.3 Å². The summed E-state index contributed by atoms with van der Waals surface area (Å²) in [6.07, 6.45) is 10.6. The number of aryl methyl sites for hydroxylation is 1. The molecule has 2 bridgehead atoms. The van der Waals surface area contributed by atoms with Gasteiger partial charge in [-0.2, -0.15) is 0 Å². The lowest BCUT2D eigenvalue weighted by Gasteiger charge is -2.51. The van der Waals surface area contributed by atoms with Gasteiger partial charge in [0.2, 0.25) is 5.91 Å². The van der Waals surface area contributed by atoms with Gasteiger partial charge in [0.1, 0.15) is 0 Å². The Bertz CT molecular complexity index is 792. The zero-order valence-corrected chi connectivity index (χ0v) is 15.8. The van der Waals surface area contributed by atoms with Gasteiger partial charge >= 0.3 is 0 Å². The van der Waals surface area contributed by atoms with Crippen LogP contribution in [0.15, 0.2) is 54.9 Å². The largest absolute Gasteiger partial charge is 0.348 e. The van der Waals surface area contributed by atoms with E-state index >= 15 is 0 Å². The van der Waals surface area contributed by atoms with Gasteiger partial charge in [0.05, 0.1) is 0 Å². The number of benzene rings is 1. The van der Waals surface area contributed by atoms with E-state index in [0.717, 1.165) is 25.1 Å². The zero-order chi connectivity index (χ0) is 18.6. The molecule has 3 saturated heterocycles. The predicted molar refractivity (Wildman–Crippen MR) is 108 cm³/mol. The van der Waals surface area contributed by atoms with Gasteiger partial charge in [-0.25, -0.2) is 0 Å². The summed E-state index contributed by atoms with van der Waals surface area (Å²) in [7, 11) is 0. The summed E-state index contributed by atoms with van der Waals surface area (Å²) in [5.74, 6) is 0.582. The number of fused-ring (bicyclic) bond motifs is 3. The highest BCUT2D eigenvalue weighted by molar-refractivity contribution is 5.92. The van der Waals surface area contributed by atoms with Crippen LogP contribution in [0.4, 0.5) is 0 Å².